The second-order valence-electron chi connectivity index (χ2n) is 5.59. The summed E-state index contributed by atoms with van der Waals surface area (Å²) in [5.74, 6) is 0.521. The van der Waals surface area contributed by atoms with E-state index in [1.807, 2.05) is 6.07 Å². The van der Waals surface area contributed by atoms with Crippen LogP contribution in [-0.2, 0) is 6.42 Å². The van der Waals surface area contributed by atoms with E-state index in [1.54, 1.807) is 31.4 Å². The number of carbonyl (C=O) groups is 1. The van der Waals surface area contributed by atoms with Gasteiger partial charge in [-0.25, -0.2) is 5.43 Å². The van der Waals surface area contributed by atoms with E-state index in [9.17, 15) is 4.79 Å². The molecule has 23 heavy (non-hydrogen) atoms. The molecule has 4 nitrogen and oxygen atoms in total. The van der Waals surface area contributed by atoms with E-state index in [2.05, 4.69) is 28.7 Å². The number of amides is 1. The van der Waals surface area contributed by atoms with Gasteiger partial charge in [0.1, 0.15) is 5.75 Å². The lowest BCUT2D eigenvalue weighted by Crippen LogP contribution is -2.20. The highest BCUT2D eigenvalue weighted by Gasteiger charge is 2.14. The molecule has 1 aliphatic carbocycles. The van der Waals surface area contributed by atoms with E-state index in [1.165, 1.54) is 5.56 Å². The molecular formula is C19H20N2O2. The normalized spacial score (nSPS) is 15.6. The van der Waals surface area contributed by atoms with Crippen LogP contribution in [0.3, 0.4) is 0 Å². The molecular weight excluding hydrogens is 288 g/mol. The number of benzene rings is 2. The average Bonchev–Trinajstić information content (AvgIpc) is 2.82. The third-order valence-corrected chi connectivity index (χ3v) is 4.08. The van der Waals surface area contributed by atoms with Crippen LogP contribution in [0.2, 0.25) is 0 Å². The fourth-order valence-electron chi connectivity index (χ4n) is 2.80. The summed E-state index contributed by atoms with van der Waals surface area (Å²) in [7, 11) is 1.60. The van der Waals surface area contributed by atoms with Gasteiger partial charge in [0, 0.05) is 11.1 Å². The fourth-order valence-corrected chi connectivity index (χ4v) is 2.80. The van der Waals surface area contributed by atoms with Crippen LogP contribution >= 0.6 is 0 Å². The SMILES string of the molecule is COc1ccc(C(=O)N/N=C2/CCCCc3ccccc32)cc1. The molecule has 1 amide bonds. The first-order chi connectivity index (χ1) is 11.3. The molecule has 4 heteroatoms. The van der Waals surface area contributed by atoms with E-state index in [-0.39, 0.29) is 5.91 Å². The maximum Gasteiger partial charge on any atom is 0.271 e. The summed E-state index contributed by atoms with van der Waals surface area (Å²) >= 11 is 0. The number of aryl methyl sites for hydroxylation is 1. The van der Waals surface area contributed by atoms with Crippen molar-refractivity contribution in [3.05, 3.63) is 65.2 Å². The first kappa shape index (κ1) is 15.3. The zero-order chi connectivity index (χ0) is 16.1. The monoisotopic (exact) mass is 308 g/mol. The van der Waals surface area contributed by atoms with E-state index < -0.39 is 0 Å². The zero-order valence-electron chi connectivity index (χ0n) is 13.2. The van der Waals surface area contributed by atoms with Crippen molar-refractivity contribution in [2.45, 2.75) is 25.7 Å². The van der Waals surface area contributed by atoms with Gasteiger partial charge in [0.05, 0.1) is 12.8 Å². The van der Waals surface area contributed by atoms with Crippen molar-refractivity contribution in [2.75, 3.05) is 7.11 Å². The Bertz CT molecular complexity index is 720. The van der Waals surface area contributed by atoms with Gasteiger partial charge in [0.2, 0.25) is 0 Å². The maximum atomic E-state index is 12.2. The molecule has 1 N–H and O–H groups in total. The molecule has 0 bridgehead atoms. The quantitative estimate of drug-likeness (QED) is 0.696. The first-order valence-corrected chi connectivity index (χ1v) is 7.87. The molecule has 0 spiro atoms. The summed E-state index contributed by atoms with van der Waals surface area (Å²) in [6.45, 7) is 0. The Balaban J connectivity index is 1.77. The Labute approximate surface area is 136 Å². The summed E-state index contributed by atoms with van der Waals surface area (Å²) in [5, 5.41) is 4.39. The van der Waals surface area contributed by atoms with Crippen LogP contribution in [0.25, 0.3) is 0 Å². The smallest absolute Gasteiger partial charge is 0.271 e. The van der Waals surface area contributed by atoms with Crippen molar-refractivity contribution in [3.8, 4) is 5.75 Å². The van der Waals surface area contributed by atoms with Crippen molar-refractivity contribution < 1.29 is 9.53 Å². The van der Waals surface area contributed by atoms with Crippen molar-refractivity contribution in [2.24, 2.45) is 5.10 Å². The molecule has 0 radical (unpaired) electrons. The van der Waals surface area contributed by atoms with Crippen LogP contribution < -0.4 is 10.2 Å². The van der Waals surface area contributed by atoms with Crippen LogP contribution in [0.1, 0.15) is 40.7 Å². The van der Waals surface area contributed by atoms with E-state index >= 15 is 0 Å². The van der Waals surface area contributed by atoms with Crippen molar-refractivity contribution >= 4 is 11.6 Å². The summed E-state index contributed by atoms with van der Waals surface area (Å²) < 4.78 is 5.10. The van der Waals surface area contributed by atoms with Crippen molar-refractivity contribution in [1.29, 1.82) is 0 Å². The maximum absolute atomic E-state index is 12.2. The Morgan fingerprint density at radius 3 is 2.57 bits per heavy atom. The zero-order valence-corrected chi connectivity index (χ0v) is 13.2. The predicted octanol–water partition coefficient (Wildman–Crippen LogP) is 3.56. The topological polar surface area (TPSA) is 50.7 Å². The van der Waals surface area contributed by atoms with Gasteiger partial charge in [-0.2, -0.15) is 5.10 Å². The van der Waals surface area contributed by atoms with E-state index in [0.29, 0.717) is 5.56 Å². The summed E-state index contributed by atoms with van der Waals surface area (Å²) in [4.78, 5) is 12.2. The molecule has 2 aromatic rings. The molecule has 0 atom stereocenters. The molecule has 0 aliphatic heterocycles. The second-order valence-corrected chi connectivity index (χ2v) is 5.59. The van der Waals surface area contributed by atoms with Gasteiger partial charge in [-0.3, -0.25) is 4.79 Å². The molecule has 1 aliphatic rings. The van der Waals surface area contributed by atoms with Gasteiger partial charge >= 0.3 is 0 Å². The number of methoxy groups -OCH3 is 1. The Hall–Kier alpha value is -2.62. The van der Waals surface area contributed by atoms with Crippen LogP contribution in [-0.4, -0.2) is 18.7 Å². The first-order valence-electron chi connectivity index (χ1n) is 7.87. The highest BCUT2D eigenvalue weighted by atomic mass is 16.5. The van der Waals surface area contributed by atoms with Gasteiger partial charge in [-0.1, -0.05) is 24.3 Å². The van der Waals surface area contributed by atoms with E-state index in [4.69, 9.17) is 4.74 Å². The molecule has 3 rings (SSSR count). The largest absolute Gasteiger partial charge is 0.497 e. The summed E-state index contributed by atoms with van der Waals surface area (Å²) in [6.07, 6.45) is 4.20. The fraction of sp³-hybridized carbons (Fsp3) is 0.263. The van der Waals surface area contributed by atoms with Gasteiger partial charge < -0.3 is 4.74 Å². The number of hydrazone groups is 1. The number of fused-ring (bicyclic) bond motifs is 1. The summed E-state index contributed by atoms with van der Waals surface area (Å²) in [6, 6.07) is 15.3. The number of hydrogen-bond donors (Lipinski definition) is 1. The Kier molecular flexibility index (Phi) is 4.71. The van der Waals surface area contributed by atoms with Crippen molar-refractivity contribution in [1.82, 2.24) is 5.43 Å². The predicted molar refractivity (Wildman–Crippen MR) is 91.0 cm³/mol. The minimum atomic E-state index is -0.207. The molecule has 0 fully saturated rings. The number of nitrogens with zero attached hydrogens (tertiary/aromatic N) is 1. The molecule has 118 valence electrons. The van der Waals surface area contributed by atoms with Gasteiger partial charge in [-0.05, 0) is 55.5 Å². The third-order valence-electron chi connectivity index (χ3n) is 4.08. The standard InChI is InChI=1S/C19H20N2O2/c1-23-16-12-10-15(11-13-16)19(22)21-20-18-9-5-3-7-14-6-2-4-8-17(14)18/h2,4,6,8,10-13H,3,5,7,9H2,1H3,(H,21,22)/b20-18-. The van der Waals surface area contributed by atoms with Crippen LogP contribution in [0, 0.1) is 0 Å². The lowest BCUT2D eigenvalue weighted by atomic mass is 10.0. The Morgan fingerprint density at radius 2 is 1.78 bits per heavy atom. The average molecular weight is 308 g/mol. The lowest BCUT2D eigenvalue weighted by molar-refractivity contribution is 0.0954. The minimum absolute atomic E-state index is 0.207. The van der Waals surface area contributed by atoms with Gasteiger partial charge in [-0.15, -0.1) is 0 Å². The third kappa shape index (κ3) is 3.59. The molecule has 0 saturated carbocycles. The number of nitrogens with one attached hydrogen (secondary N) is 1. The number of hydrogen-bond acceptors (Lipinski definition) is 3. The number of carbonyl (C=O) groups excluding carboxylic acids is 1. The molecule has 0 saturated heterocycles. The van der Waals surface area contributed by atoms with Crippen molar-refractivity contribution in [3.63, 3.8) is 0 Å². The highest BCUT2D eigenvalue weighted by Crippen LogP contribution is 2.20. The molecule has 2 aromatic carbocycles. The van der Waals surface area contributed by atoms with Gasteiger partial charge in [0.25, 0.3) is 5.91 Å². The number of rotatable bonds is 3. The van der Waals surface area contributed by atoms with E-state index in [0.717, 1.165) is 42.7 Å². The second kappa shape index (κ2) is 7.09. The highest BCUT2D eigenvalue weighted by molar-refractivity contribution is 6.03. The molecule has 0 heterocycles. The minimum Gasteiger partial charge on any atom is -0.497 e. The van der Waals surface area contributed by atoms with Crippen LogP contribution in [0.5, 0.6) is 5.75 Å². The van der Waals surface area contributed by atoms with Gasteiger partial charge in [0.15, 0.2) is 0 Å². The number of ether oxygens (including phenoxy) is 1. The summed E-state index contributed by atoms with van der Waals surface area (Å²) in [5.41, 5.74) is 6.67. The molecule has 0 aromatic heterocycles. The van der Waals surface area contributed by atoms with Crippen LogP contribution in [0.4, 0.5) is 0 Å². The van der Waals surface area contributed by atoms with Crippen LogP contribution in [0.15, 0.2) is 53.6 Å². The lowest BCUT2D eigenvalue weighted by Gasteiger charge is -2.08. The molecule has 0 unspecified atom stereocenters. The Morgan fingerprint density at radius 1 is 1.04 bits per heavy atom.